The van der Waals surface area contributed by atoms with Gasteiger partial charge in [-0.3, -0.25) is 81.5 Å². The van der Waals surface area contributed by atoms with Crippen molar-refractivity contribution < 1.29 is 122 Å². The fourth-order valence-corrected chi connectivity index (χ4v) is 13.0. The number of carbonyl (C=O) groups is 18. The lowest BCUT2D eigenvalue weighted by molar-refractivity contribution is -0.143. The topological polar surface area (TPSA) is 666 Å². The number of aliphatic carboxylic acids is 4. The first-order valence-electron chi connectivity index (χ1n) is 37.6. The third kappa shape index (κ3) is 30.2. The molecular formula is C75H99N17O25S2. The molecule has 1 fully saturated rings. The molecule has 44 heteroatoms. The van der Waals surface area contributed by atoms with Gasteiger partial charge in [-0.2, -0.15) is 25.3 Å². The van der Waals surface area contributed by atoms with Gasteiger partial charge in [0.25, 0.3) is 0 Å². The third-order valence-electron chi connectivity index (χ3n) is 18.8. The zero-order valence-corrected chi connectivity index (χ0v) is 66.4. The molecule has 42 nitrogen and oxygen atoms in total. The molecule has 6 rings (SSSR count). The van der Waals surface area contributed by atoms with Gasteiger partial charge < -0.3 is 125 Å². The highest BCUT2D eigenvalue weighted by atomic mass is 32.1. The number of fused-ring (bicyclic) bond motifs is 2. The molecule has 24 N–H and O–H groups in total. The van der Waals surface area contributed by atoms with Crippen LogP contribution in [-0.4, -0.2) is 281 Å². The lowest BCUT2D eigenvalue weighted by Gasteiger charge is -2.30. The molecule has 1 saturated heterocycles. The maximum Gasteiger partial charge on any atom is 0.326 e. The van der Waals surface area contributed by atoms with E-state index in [1.54, 1.807) is 68.6 Å². The van der Waals surface area contributed by atoms with E-state index in [9.17, 15) is 122 Å². The second kappa shape index (κ2) is 47.1. The molecule has 0 aliphatic carbocycles. The zero-order chi connectivity index (χ0) is 87.7. The Hall–Kier alpha value is -12.4. The second-order valence-corrected chi connectivity index (χ2v) is 29.0. The molecule has 0 radical (unpaired) electrons. The number of phenolic OH excluding ortho intramolecular Hbond substituents is 1. The Labute approximate surface area is 690 Å². The Morgan fingerprint density at radius 2 is 0.857 bits per heavy atom. The van der Waals surface area contributed by atoms with Crippen molar-refractivity contribution in [1.29, 1.82) is 0 Å². The number of hydrogen-bond donors (Lipinski definition) is 25. The van der Waals surface area contributed by atoms with Crippen LogP contribution >= 0.6 is 25.3 Å². The number of aromatic nitrogens is 2. The van der Waals surface area contributed by atoms with Crippen LogP contribution in [-0.2, 0) is 106 Å². The van der Waals surface area contributed by atoms with Crippen LogP contribution in [0.25, 0.3) is 21.8 Å². The average molecular weight is 1700 g/mol. The van der Waals surface area contributed by atoms with Crippen molar-refractivity contribution in [2.24, 2.45) is 11.7 Å². The highest BCUT2D eigenvalue weighted by molar-refractivity contribution is 7.80. The number of para-hydroxylation sites is 2. The molecule has 0 spiro atoms. The normalized spacial score (nSPS) is 15.2. The van der Waals surface area contributed by atoms with E-state index < -0.39 is 256 Å². The molecule has 119 heavy (non-hydrogen) atoms. The van der Waals surface area contributed by atoms with E-state index in [1.807, 2.05) is 0 Å². The number of aliphatic hydroxyl groups excluding tert-OH is 2. The van der Waals surface area contributed by atoms with Crippen molar-refractivity contribution in [3.05, 3.63) is 102 Å². The van der Waals surface area contributed by atoms with Gasteiger partial charge in [0.2, 0.25) is 82.7 Å². The van der Waals surface area contributed by atoms with Crippen molar-refractivity contribution in [3.8, 4) is 5.75 Å². The summed E-state index contributed by atoms with van der Waals surface area (Å²) in [5.74, 6) is -21.6. The van der Waals surface area contributed by atoms with Gasteiger partial charge in [0.05, 0.1) is 32.8 Å². The SMILES string of the molecule is CC(C)C[C@H](NC(=O)[C@H](CO)NC(=O)[C@H](Cc1c[nH]c2ccccc12)NC(=O)[C@H](CS)NC(=O)[C@H](CCC(=O)O)NC(=O)[C@H](CCC(=O)O)NC(=O)CNC(=O)CNC(=O)[C@H](Cc1ccc(O)cc1)NC(=O)[C@H](CCC(=O)O)NC(=O)CNC(=O)[C@@H]1CCCN1C(=O)[C@H](Cc1c[nH]c2ccccc12)NC(=O)[C@H](CS)NC(=O)[C@@H](N)CO)C(=O)O. The Morgan fingerprint density at radius 1 is 0.454 bits per heavy atom. The first-order valence-corrected chi connectivity index (χ1v) is 38.9. The molecule has 5 aromatic rings. The van der Waals surface area contributed by atoms with Crippen LogP contribution in [0.2, 0.25) is 0 Å². The molecule has 12 atom stereocenters. The number of nitrogens with two attached hydrogens (primary N) is 1. The number of hydrogen-bond acceptors (Lipinski definition) is 24. The standard InChI is InChI=1S/C75H99N17O25S2/c1-37(2)24-53(75(116)117)88-70(111)54(34-94)89-69(110)51(26-39-28-77-45-10-5-3-8-42(39)45)86-71(112)56(36-119)91-68(109)49(19-22-63(103)104)84-66(107)47(17-20-61(99)100)82-59(97)31-79-58(96)30-80-65(106)50(25-38-13-15-41(95)16-14-38)85-67(108)48(18-21-62(101)102)83-60(98)32-81-73(114)57-12-7-23-92(57)74(115)52(27-40-29-78-46-11-6-4-9-43(40)46)87-72(113)55(35-118)90-64(105)44(76)33-93/h3-6,8-11,13-16,28-29,37,44,47-57,77-78,93-95,118-119H,7,12,17-27,30-36,76H2,1-2H3,(H,79,96)(H,80,106)(H,81,114)(H,82,97)(H,83,98)(H,84,107)(H,85,108)(H,86,112)(H,87,113)(H,88,111)(H,89,110)(H,90,105)(H,91,109)(H,99,100)(H,101,102)(H,103,104)(H,116,117)/t44-,47-,48-,49-,50-,51-,52-,53-,54-,55-,56-,57-/m0/s1. The van der Waals surface area contributed by atoms with Crippen molar-refractivity contribution in [2.45, 2.75) is 163 Å². The molecule has 1 aliphatic rings. The van der Waals surface area contributed by atoms with Gasteiger partial charge in [-0.15, -0.1) is 0 Å². The monoisotopic (exact) mass is 1700 g/mol. The number of thiol groups is 2. The van der Waals surface area contributed by atoms with E-state index in [0.717, 1.165) is 0 Å². The molecule has 14 amide bonds. The number of rotatable bonds is 49. The average Bonchev–Trinajstić information content (AvgIpc) is 1.68. The fraction of sp³-hybridized carbons (Fsp3) is 0.467. The number of benzene rings is 3. The highest BCUT2D eigenvalue weighted by Crippen LogP contribution is 2.25. The molecule has 646 valence electrons. The number of amides is 14. The summed E-state index contributed by atoms with van der Waals surface area (Å²) in [5.41, 5.74) is 8.31. The number of H-pyrrole nitrogens is 2. The van der Waals surface area contributed by atoms with Crippen molar-refractivity contribution >= 4 is 154 Å². The number of carboxylic acids is 4. The van der Waals surface area contributed by atoms with E-state index in [2.05, 4.69) is 104 Å². The minimum Gasteiger partial charge on any atom is -0.508 e. The molecule has 3 aromatic carbocycles. The summed E-state index contributed by atoms with van der Waals surface area (Å²) in [6.07, 6.45) is -1.64. The Morgan fingerprint density at radius 3 is 1.34 bits per heavy atom. The molecule has 0 bridgehead atoms. The summed E-state index contributed by atoms with van der Waals surface area (Å²) in [5, 5.41) is 100. The van der Waals surface area contributed by atoms with Gasteiger partial charge in [0, 0.05) is 90.8 Å². The highest BCUT2D eigenvalue weighted by Gasteiger charge is 2.41. The largest absolute Gasteiger partial charge is 0.508 e. The van der Waals surface area contributed by atoms with Gasteiger partial charge >= 0.3 is 23.9 Å². The van der Waals surface area contributed by atoms with Crippen LogP contribution < -0.4 is 74.9 Å². The lowest BCUT2D eigenvalue weighted by atomic mass is 10.0. The van der Waals surface area contributed by atoms with Gasteiger partial charge in [-0.25, -0.2) is 4.79 Å². The van der Waals surface area contributed by atoms with E-state index in [-0.39, 0.29) is 62.5 Å². The van der Waals surface area contributed by atoms with E-state index in [0.29, 0.717) is 38.5 Å². The number of likely N-dealkylation sites (tertiary alicyclic amines) is 1. The van der Waals surface area contributed by atoms with Crippen LogP contribution in [0.1, 0.15) is 88.3 Å². The van der Waals surface area contributed by atoms with E-state index >= 15 is 0 Å². The number of nitrogens with zero attached hydrogens (tertiary/aromatic N) is 1. The second-order valence-electron chi connectivity index (χ2n) is 28.2. The predicted octanol–water partition coefficient (Wildman–Crippen LogP) is -5.53. The van der Waals surface area contributed by atoms with Crippen LogP contribution in [0.3, 0.4) is 0 Å². The summed E-state index contributed by atoms with van der Waals surface area (Å²) in [4.78, 5) is 248. The molecule has 2 aromatic heterocycles. The molecule has 3 heterocycles. The predicted molar refractivity (Wildman–Crippen MR) is 426 cm³/mol. The number of aromatic amines is 2. The van der Waals surface area contributed by atoms with Gasteiger partial charge in [-0.05, 0) is 85.4 Å². The minimum absolute atomic E-state index is 0.00977. The molecular weight excluding hydrogens is 1600 g/mol. The molecule has 0 saturated carbocycles. The minimum atomic E-state index is -1.87. The molecule has 0 unspecified atom stereocenters. The van der Waals surface area contributed by atoms with Crippen LogP contribution in [0.5, 0.6) is 5.75 Å². The lowest BCUT2D eigenvalue weighted by Crippen LogP contribution is -2.60. The Balaban J connectivity index is 1.09. The van der Waals surface area contributed by atoms with Crippen molar-refractivity contribution in [1.82, 2.24) is 84.0 Å². The Bertz CT molecular complexity index is 4490. The summed E-state index contributed by atoms with van der Waals surface area (Å²) in [7, 11) is 0. The van der Waals surface area contributed by atoms with Gasteiger partial charge in [0.15, 0.2) is 0 Å². The number of phenols is 1. The van der Waals surface area contributed by atoms with Crippen molar-refractivity contribution in [3.63, 3.8) is 0 Å². The van der Waals surface area contributed by atoms with E-state index in [1.165, 1.54) is 35.4 Å². The van der Waals surface area contributed by atoms with Crippen molar-refractivity contribution in [2.75, 3.05) is 50.9 Å². The number of aromatic hydroxyl groups is 1. The van der Waals surface area contributed by atoms with Gasteiger partial charge in [-0.1, -0.05) is 62.4 Å². The van der Waals surface area contributed by atoms with Crippen LogP contribution in [0.15, 0.2) is 85.2 Å². The Kier molecular flexibility index (Phi) is 37.8. The summed E-state index contributed by atoms with van der Waals surface area (Å²) >= 11 is 8.38. The first-order chi connectivity index (χ1) is 56.5. The third-order valence-corrected chi connectivity index (χ3v) is 19.5. The number of carboxylic acid groups (broad SMARTS) is 4. The number of aliphatic hydroxyl groups is 2. The summed E-state index contributed by atoms with van der Waals surface area (Å²) in [6, 6.07) is 0.221. The summed E-state index contributed by atoms with van der Waals surface area (Å²) < 4.78 is 0. The van der Waals surface area contributed by atoms with E-state index in [4.69, 9.17) is 5.73 Å². The zero-order valence-electron chi connectivity index (χ0n) is 64.6. The fourth-order valence-electron chi connectivity index (χ4n) is 12.5. The molecule has 1 aliphatic heterocycles. The quantitative estimate of drug-likeness (QED) is 0.0162. The van der Waals surface area contributed by atoms with Crippen LogP contribution in [0, 0.1) is 5.92 Å². The maximum absolute atomic E-state index is 14.6. The van der Waals surface area contributed by atoms with Crippen LogP contribution in [0.4, 0.5) is 0 Å². The maximum atomic E-state index is 14.6. The number of nitrogens with one attached hydrogen (secondary N) is 15. The number of carbonyl (C=O) groups excluding carboxylic acids is 14. The first kappa shape index (κ1) is 95.4. The summed E-state index contributed by atoms with van der Waals surface area (Å²) in [6.45, 7) is -1.15. The smallest absolute Gasteiger partial charge is 0.326 e. The van der Waals surface area contributed by atoms with Gasteiger partial charge in [0.1, 0.15) is 78.3 Å².